The molecule has 1 aliphatic heterocycles. The molecule has 3 aromatic carbocycles. The summed E-state index contributed by atoms with van der Waals surface area (Å²) in [5, 5.41) is 2.32. The summed E-state index contributed by atoms with van der Waals surface area (Å²) in [6.45, 7) is 1.74. The fourth-order valence-corrected chi connectivity index (χ4v) is 3.19. The minimum absolute atomic E-state index is 0.593. The Morgan fingerprint density at radius 1 is 0.870 bits per heavy atom. The molecule has 23 heavy (non-hydrogen) atoms. The number of nitrogens with zero attached hydrogens (tertiary/aromatic N) is 2. The number of guanidine groups is 1. The van der Waals surface area contributed by atoms with Gasteiger partial charge in [0, 0.05) is 18.5 Å². The van der Waals surface area contributed by atoms with Crippen LogP contribution in [-0.4, -0.2) is 17.4 Å². The number of hydrogen-bond donors (Lipinski definition) is 1. The molecule has 0 saturated heterocycles. The summed E-state index contributed by atoms with van der Waals surface area (Å²) in [6.07, 6.45) is 1.02. The van der Waals surface area contributed by atoms with Crippen LogP contribution in [0, 0.1) is 0 Å². The highest BCUT2D eigenvalue weighted by Crippen LogP contribution is 2.26. The summed E-state index contributed by atoms with van der Waals surface area (Å²) in [6, 6.07) is 23.0. The number of fused-ring (bicyclic) bond motifs is 2. The quantitative estimate of drug-likeness (QED) is 0.548. The van der Waals surface area contributed by atoms with E-state index in [0.29, 0.717) is 5.96 Å². The van der Waals surface area contributed by atoms with E-state index >= 15 is 0 Å². The summed E-state index contributed by atoms with van der Waals surface area (Å²) in [5.41, 5.74) is 10.00. The van der Waals surface area contributed by atoms with Gasteiger partial charge in [-0.05, 0) is 29.0 Å². The number of rotatable bonds is 1. The summed E-state index contributed by atoms with van der Waals surface area (Å²) >= 11 is 0. The van der Waals surface area contributed by atoms with Crippen molar-refractivity contribution in [3.63, 3.8) is 0 Å². The molecule has 3 aromatic rings. The first-order valence-corrected chi connectivity index (χ1v) is 7.95. The van der Waals surface area contributed by atoms with Crippen molar-refractivity contribution in [3.05, 3.63) is 77.9 Å². The van der Waals surface area contributed by atoms with Gasteiger partial charge < -0.3 is 10.6 Å². The molecule has 0 saturated carbocycles. The van der Waals surface area contributed by atoms with Crippen molar-refractivity contribution in [1.82, 2.24) is 4.90 Å². The van der Waals surface area contributed by atoms with Crippen molar-refractivity contribution in [2.45, 2.75) is 13.0 Å². The van der Waals surface area contributed by atoms with E-state index in [1.807, 2.05) is 24.3 Å². The lowest BCUT2D eigenvalue weighted by Gasteiger charge is -2.29. The van der Waals surface area contributed by atoms with Crippen LogP contribution in [0.15, 0.2) is 71.7 Å². The average molecular weight is 301 g/mol. The number of hydrogen-bond acceptors (Lipinski definition) is 1. The third-order valence-electron chi connectivity index (χ3n) is 4.46. The molecule has 3 heteroatoms. The van der Waals surface area contributed by atoms with Gasteiger partial charge in [-0.2, -0.15) is 0 Å². The maximum atomic E-state index is 6.30. The molecule has 114 valence electrons. The van der Waals surface area contributed by atoms with E-state index in [9.17, 15) is 0 Å². The lowest BCUT2D eigenvalue weighted by molar-refractivity contribution is 0.390. The Labute approximate surface area is 136 Å². The van der Waals surface area contributed by atoms with E-state index in [1.54, 1.807) is 0 Å². The van der Waals surface area contributed by atoms with Gasteiger partial charge in [-0.15, -0.1) is 0 Å². The van der Waals surface area contributed by atoms with Gasteiger partial charge in [-0.25, -0.2) is 4.99 Å². The van der Waals surface area contributed by atoms with E-state index in [4.69, 9.17) is 10.7 Å². The molecule has 0 bridgehead atoms. The molecule has 0 aliphatic carbocycles. The zero-order valence-electron chi connectivity index (χ0n) is 12.9. The largest absolute Gasteiger partial charge is 0.369 e. The van der Waals surface area contributed by atoms with Crippen LogP contribution in [0.2, 0.25) is 0 Å². The summed E-state index contributed by atoms with van der Waals surface area (Å²) in [4.78, 5) is 6.86. The molecular weight excluding hydrogens is 282 g/mol. The summed E-state index contributed by atoms with van der Waals surface area (Å²) < 4.78 is 0. The standard InChI is InChI=1S/C20H19N3/c21-20(23-13-12-15-6-1-2-8-17(15)14-23)22-19-11-5-9-16-7-3-4-10-18(16)19/h1-11H,12-14H2,(H2,21,22). The minimum atomic E-state index is 0.593. The second-order valence-electron chi connectivity index (χ2n) is 5.91. The third-order valence-corrected chi connectivity index (χ3v) is 4.46. The van der Waals surface area contributed by atoms with Gasteiger partial charge >= 0.3 is 0 Å². The molecule has 0 amide bonds. The normalized spacial score (nSPS) is 14.8. The molecule has 1 aliphatic rings. The van der Waals surface area contributed by atoms with Crippen LogP contribution >= 0.6 is 0 Å². The van der Waals surface area contributed by atoms with Crippen molar-refractivity contribution in [2.24, 2.45) is 10.7 Å². The SMILES string of the molecule is NC(=Nc1cccc2ccccc12)N1CCc2ccccc2C1. The van der Waals surface area contributed by atoms with Gasteiger partial charge in [0.2, 0.25) is 0 Å². The van der Waals surface area contributed by atoms with E-state index in [2.05, 4.69) is 47.4 Å². The van der Waals surface area contributed by atoms with Crippen LogP contribution < -0.4 is 5.73 Å². The Kier molecular flexibility index (Phi) is 3.46. The highest BCUT2D eigenvalue weighted by atomic mass is 15.3. The van der Waals surface area contributed by atoms with Crippen LogP contribution in [0.1, 0.15) is 11.1 Å². The summed E-state index contributed by atoms with van der Waals surface area (Å²) in [5.74, 6) is 0.593. The Morgan fingerprint density at radius 3 is 2.52 bits per heavy atom. The highest BCUT2D eigenvalue weighted by Gasteiger charge is 2.17. The average Bonchev–Trinajstić information content (AvgIpc) is 2.61. The van der Waals surface area contributed by atoms with E-state index in [0.717, 1.165) is 30.6 Å². The van der Waals surface area contributed by atoms with Crippen molar-refractivity contribution < 1.29 is 0 Å². The molecule has 0 fully saturated rings. The van der Waals surface area contributed by atoms with Gasteiger partial charge in [0.25, 0.3) is 0 Å². The minimum Gasteiger partial charge on any atom is -0.369 e. The Balaban J connectivity index is 1.66. The number of nitrogens with two attached hydrogens (primary N) is 1. The highest BCUT2D eigenvalue weighted by molar-refractivity contribution is 5.95. The van der Waals surface area contributed by atoms with Gasteiger partial charge in [0.1, 0.15) is 0 Å². The van der Waals surface area contributed by atoms with Gasteiger partial charge in [-0.3, -0.25) is 0 Å². The lowest BCUT2D eigenvalue weighted by atomic mass is 10.0. The van der Waals surface area contributed by atoms with Crippen molar-refractivity contribution in [3.8, 4) is 0 Å². The van der Waals surface area contributed by atoms with Crippen molar-refractivity contribution in [2.75, 3.05) is 6.54 Å². The molecule has 0 spiro atoms. The molecule has 0 atom stereocenters. The molecule has 1 heterocycles. The van der Waals surface area contributed by atoms with Crippen molar-refractivity contribution >= 4 is 22.4 Å². The first-order chi connectivity index (χ1) is 11.3. The van der Waals surface area contributed by atoms with Crippen LogP contribution in [0.3, 0.4) is 0 Å². The first kappa shape index (κ1) is 13.8. The smallest absolute Gasteiger partial charge is 0.196 e. The maximum absolute atomic E-state index is 6.30. The molecule has 0 radical (unpaired) electrons. The van der Waals surface area contributed by atoms with Crippen LogP contribution in [0.4, 0.5) is 5.69 Å². The molecular formula is C20H19N3. The van der Waals surface area contributed by atoms with E-state index in [-0.39, 0.29) is 0 Å². The molecule has 4 rings (SSSR count). The van der Waals surface area contributed by atoms with Crippen LogP contribution in [0.5, 0.6) is 0 Å². The Bertz CT molecular complexity index is 877. The molecule has 3 nitrogen and oxygen atoms in total. The van der Waals surface area contributed by atoms with E-state index in [1.165, 1.54) is 16.5 Å². The number of benzene rings is 3. The molecule has 2 N–H and O–H groups in total. The van der Waals surface area contributed by atoms with Gasteiger partial charge in [0.15, 0.2) is 5.96 Å². The van der Waals surface area contributed by atoms with Crippen LogP contribution in [0.25, 0.3) is 10.8 Å². The molecule has 0 unspecified atom stereocenters. The fraction of sp³-hybridized carbons (Fsp3) is 0.150. The monoisotopic (exact) mass is 301 g/mol. The first-order valence-electron chi connectivity index (χ1n) is 7.95. The predicted octanol–water partition coefficient (Wildman–Crippen LogP) is 3.84. The third kappa shape index (κ3) is 2.66. The zero-order chi connectivity index (χ0) is 15.6. The Morgan fingerprint density at radius 2 is 1.61 bits per heavy atom. The number of aliphatic imine (C=N–C) groups is 1. The second kappa shape index (κ2) is 5.76. The predicted molar refractivity (Wildman–Crippen MR) is 95.8 cm³/mol. The van der Waals surface area contributed by atoms with E-state index < -0.39 is 0 Å². The Hall–Kier alpha value is -2.81. The molecule has 0 aromatic heterocycles. The zero-order valence-corrected chi connectivity index (χ0v) is 12.9. The maximum Gasteiger partial charge on any atom is 0.196 e. The van der Waals surface area contributed by atoms with Gasteiger partial charge in [0.05, 0.1) is 5.69 Å². The van der Waals surface area contributed by atoms with Crippen LogP contribution in [-0.2, 0) is 13.0 Å². The topological polar surface area (TPSA) is 41.6 Å². The second-order valence-corrected chi connectivity index (χ2v) is 5.91. The van der Waals surface area contributed by atoms with Crippen molar-refractivity contribution in [1.29, 1.82) is 0 Å². The summed E-state index contributed by atoms with van der Waals surface area (Å²) in [7, 11) is 0. The lowest BCUT2D eigenvalue weighted by Crippen LogP contribution is -2.40. The fourth-order valence-electron chi connectivity index (χ4n) is 3.19. The van der Waals surface area contributed by atoms with Gasteiger partial charge in [-0.1, -0.05) is 60.7 Å².